The van der Waals surface area contributed by atoms with Gasteiger partial charge in [-0.25, -0.2) is 0 Å². The fraction of sp³-hybridized carbons (Fsp3) is 0.725. The third-order valence-electron chi connectivity index (χ3n) is 14.7. The molecule has 23 nitrogen and oxygen atoms in total. The highest BCUT2D eigenvalue weighted by molar-refractivity contribution is 6.11. The van der Waals surface area contributed by atoms with Gasteiger partial charge in [0.25, 0.3) is 0 Å². The van der Waals surface area contributed by atoms with Crippen LogP contribution in [0.5, 0.6) is 17.2 Å². The Labute approximate surface area is 428 Å². The maximum Gasteiger partial charge on any atom is 0.303 e. The van der Waals surface area contributed by atoms with E-state index in [4.69, 9.17) is 56.8 Å². The zero-order chi connectivity index (χ0) is 54.4. The Hall–Kier alpha value is -4.18. The molecule has 0 unspecified atom stereocenters. The molecule has 0 radical (unpaired) electrons. The number of aliphatic hydroxyl groups excluding tert-OH is 4. The lowest BCUT2D eigenvalue weighted by Gasteiger charge is -2.46. The average molecular weight is 1050 g/mol. The van der Waals surface area contributed by atoms with Gasteiger partial charge in [0.05, 0.1) is 53.7 Å². The molecule has 4 aliphatic heterocycles. The lowest BCUT2D eigenvalue weighted by Crippen LogP contribution is -2.59. The quantitative estimate of drug-likeness (QED) is 0.118. The second-order valence-corrected chi connectivity index (χ2v) is 20.4. The number of phenols is 2. The number of phenolic OH excluding ortho intramolecular Hbond substituents is 2. The van der Waals surface area contributed by atoms with Gasteiger partial charge in [0.1, 0.15) is 65.6 Å². The zero-order valence-corrected chi connectivity index (χ0v) is 43.4. The molecule has 0 amide bonds. The van der Waals surface area contributed by atoms with Crippen molar-refractivity contribution in [3.63, 3.8) is 0 Å². The van der Waals surface area contributed by atoms with E-state index in [-0.39, 0.29) is 65.3 Å². The van der Waals surface area contributed by atoms with Crippen LogP contribution in [0.4, 0.5) is 0 Å². The minimum absolute atomic E-state index is 0.0425. The first kappa shape index (κ1) is 57.5. The van der Waals surface area contributed by atoms with Gasteiger partial charge in [-0.3, -0.25) is 19.2 Å². The topological polar surface area (TPSA) is 321 Å². The van der Waals surface area contributed by atoms with Gasteiger partial charge in [-0.05, 0) is 78.0 Å². The number of aliphatic hydroxyl groups is 5. The molecule has 7 rings (SSSR count). The van der Waals surface area contributed by atoms with E-state index in [0.717, 1.165) is 0 Å². The van der Waals surface area contributed by atoms with E-state index in [2.05, 4.69) is 0 Å². The van der Waals surface area contributed by atoms with Crippen LogP contribution >= 0.6 is 0 Å². The van der Waals surface area contributed by atoms with Gasteiger partial charge >= 0.3 is 11.9 Å². The first-order chi connectivity index (χ1) is 34.7. The van der Waals surface area contributed by atoms with Crippen molar-refractivity contribution in [2.75, 3.05) is 14.2 Å². The Morgan fingerprint density at radius 3 is 1.99 bits per heavy atom. The lowest BCUT2D eigenvalue weighted by molar-refractivity contribution is -0.321. The summed E-state index contributed by atoms with van der Waals surface area (Å²) in [6.07, 6.45) is -21.3. The third kappa shape index (κ3) is 12.0. The summed E-state index contributed by atoms with van der Waals surface area (Å²) >= 11 is 0. The molecular weight excluding hydrogens is 981 g/mol. The number of ether oxygens (including phenoxy) is 12. The highest BCUT2D eigenvalue weighted by Crippen LogP contribution is 2.47. The Morgan fingerprint density at radius 1 is 0.770 bits per heavy atom. The number of fused-ring (bicyclic) bond motifs is 2. The van der Waals surface area contributed by atoms with Crippen LogP contribution in [-0.2, 0) is 72.9 Å². The van der Waals surface area contributed by atoms with Crippen molar-refractivity contribution in [1.82, 2.24) is 0 Å². The van der Waals surface area contributed by atoms with Crippen molar-refractivity contribution >= 4 is 34.3 Å². The molecule has 74 heavy (non-hydrogen) atoms. The number of Topliss-reactive ketones (excluding diaryl/α,β-unsaturated/α-hetero) is 2. The molecule has 1 aliphatic carbocycles. The van der Waals surface area contributed by atoms with Crippen LogP contribution in [0.15, 0.2) is 12.1 Å². The number of esters is 2. The molecule has 4 heterocycles. The first-order valence-electron chi connectivity index (χ1n) is 24.9. The minimum atomic E-state index is -1.94. The van der Waals surface area contributed by atoms with Crippen molar-refractivity contribution in [3.8, 4) is 17.2 Å². The summed E-state index contributed by atoms with van der Waals surface area (Å²) in [7, 11) is 2.65. The first-order valence-corrected chi connectivity index (χ1v) is 24.9. The Kier molecular flexibility index (Phi) is 18.0. The van der Waals surface area contributed by atoms with Crippen LogP contribution in [0.1, 0.15) is 103 Å². The monoisotopic (exact) mass is 1050 g/mol. The summed E-state index contributed by atoms with van der Waals surface area (Å²) in [5.41, 5.74) is -1.51. The number of carbonyl (C=O) groups is 4. The van der Waals surface area contributed by atoms with Crippen LogP contribution in [0, 0.1) is 12.8 Å². The average Bonchev–Trinajstić information content (AvgIpc) is 3.30. The maximum atomic E-state index is 15.0. The van der Waals surface area contributed by atoms with Crippen molar-refractivity contribution in [1.29, 1.82) is 0 Å². The van der Waals surface area contributed by atoms with Crippen molar-refractivity contribution in [2.45, 2.75) is 217 Å². The standard InChI is InChI=1S/C51H72O23/c1-19-31(71-35-17-33(69-25(7)53)47(23(5)67-35)73-34-15-30(55)46(63-10)22(4)66-34)14-28-12-27-13-29(48(64-11)45(61)41(57)20(2)52)49(44(60)39(27)43(59)38(28)40(19)56)74-36-16-32(42(58)21(3)65-36)72-37-18-51(9,62)50(24(6)68-37)70-26(8)54/h12,14,20-24,29-30,32-37,41-42,46-50,52,55-59,62H,13,15-18H2,1-11H3/t20-,21-,22-,23-,24+,29+,30-,32-,33-,34+,35+,36+,37-,41+,42-,46+,47+,48-,49-,50-,51+/m1/s1. The lowest BCUT2D eigenvalue weighted by atomic mass is 9.75. The molecule has 0 saturated carbocycles. The van der Waals surface area contributed by atoms with Crippen LogP contribution in [0.25, 0.3) is 10.8 Å². The molecule has 2 aromatic rings. The number of aromatic hydroxyl groups is 2. The van der Waals surface area contributed by atoms with Crippen molar-refractivity contribution in [3.05, 3.63) is 28.8 Å². The van der Waals surface area contributed by atoms with Gasteiger partial charge in [-0.1, -0.05) is 0 Å². The molecule has 5 aliphatic rings. The van der Waals surface area contributed by atoms with Gasteiger partial charge in [0.15, 0.2) is 36.5 Å². The zero-order valence-electron chi connectivity index (χ0n) is 43.4. The maximum absolute atomic E-state index is 15.0. The van der Waals surface area contributed by atoms with Crippen LogP contribution < -0.4 is 4.74 Å². The van der Waals surface area contributed by atoms with E-state index in [1.54, 1.807) is 20.8 Å². The molecule has 4 fully saturated rings. The van der Waals surface area contributed by atoms with Crippen molar-refractivity contribution in [2.24, 2.45) is 5.92 Å². The highest BCUT2D eigenvalue weighted by atomic mass is 16.7. The van der Waals surface area contributed by atoms with E-state index in [1.807, 2.05) is 0 Å². The second-order valence-electron chi connectivity index (χ2n) is 20.4. The Morgan fingerprint density at radius 2 is 1.38 bits per heavy atom. The molecule has 0 bridgehead atoms. The molecule has 0 spiro atoms. The number of carbonyl (C=O) groups excluding carboxylic acids is 4. The van der Waals surface area contributed by atoms with E-state index in [0.29, 0.717) is 0 Å². The number of rotatable bonds is 16. The predicted molar refractivity (Wildman–Crippen MR) is 253 cm³/mol. The summed E-state index contributed by atoms with van der Waals surface area (Å²) < 4.78 is 71.5. The summed E-state index contributed by atoms with van der Waals surface area (Å²) in [4.78, 5) is 53.0. The summed E-state index contributed by atoms with van der Waals surface area (Å²) in [6.45, 7) is 13.2. The normalized spacial score (nSPS) is 37.8. The molecule has 0 aromatic heterocycles. The van der Waals surface area contributed by atoms with Crippen LogP contribution in [0.2, 0.25) is 0 Å². The number of methoxy groups -OCH3 is 2. The fourth-order valence-electron chi connectivity index (χ4n) is 11.0. The summed E-state index contributed by atoms with van der Waals surface area (Å²) in [6, 6.07) is 3.04. The Bertz CT molecular complexity index is 2340. The predicted octanol–water partition coefficient (Wildman–Crippen LogP) is 1.67. The number of hydrogen-bond donors (Lipinski definition) is 7. The van der Waals surface area contributed by atoms with Gasteiger partial charge in [-0.15, -0.1) is 0 Å². The molecule has 21 atom stereocenters. The van der Waals surface area contributed by atoms with Gasteiger partial charge < -0.3 is 92.6 Å². The molecular formula is C51H72O23. The van der Waals surface area contributed by atoms with Crippen LogP contribution in [-0.4, -0.2) is 196 Å². The van der Waals surface area contributed by atoms with Gasteiger partial charge in [0, 0.05) is 65.2 Å². The second kappa shape index (κ2) is 23.2. The van der Waals surface area contributed by atoms with Gasteiger partial charge in [0.2, 0.25) is 6.29 Å². The molecule has 4 saturated heterocycles. The van der Waals surface area contributed by atoms with Crippen LogP contribution in [0.3, 0.4) is 0 Å². The summed E-state index contributed by atoms with van der Waals surface area (Å²) in [5, 5.41) is 78.2. The number of ketones is 2. The number of benzene rings is 2. The largest absolute Gasteiger partial charge is 0.507 e. The van der Waals surface area contributed by atoms with E-state index in [1.165, 1.54) is 67.9 Å². The molecule has 23 heteroatoms. The molecule has 414 valence electrons. The SMILES string of the molecule is CO[C@@H]1[C@H](O)C[C@H](O[C@H]2[C@@H](C)O[C@@H](Oc3cc4cc5c(c(O)c4c(O)c3C)C(=O)[C@H](O[C@H]3C[C@@H](O[C@@H]4C[C@](C)(O)[C@H](OC(C)=O)[C@H](C)O4)[C@H](O)[C@@H](C)O3)[C@H]([C@@H](OC)C(=O)[C@@H](O)[C@@H](C)O)C5)C[C@H]2OC(C)=O)O[C@@H]1C. The minimum Gasteiger partial charge on any atom is -0.507 e. The van der Waals surface area contributed by atoms with Crippen molar-refractivity contribution < 1.29 is 112 Å². The fourth-order valence-corrected chi connectivity index (χ4v) is 11.0. The summed E-state index contributed by atoms with van der Waals surface area (Å²) in [5.74, 6) is -5.27. The number of hydrogen-bond acceptors (Lipinski definition) is 23. The van der Waals surface area contributed by atoms with E-state index in [9.17, 15) is 54.9 Å². The third-order valence-corrected chi connectivity index (χ3v) is 14.7. The smallest absolute Gasteiger partial charge is 0.303 e. The molecule has 2 aromatic carbocycles. The van der Waals surface area contributed by atoms with E-state index < -0.39 is 163 Å². The Balaban J connectivity index is 1.16. The highest BCUT2D eigenvalue weighted by Gasteiger charge is 2.52. The molecule has 7 N–H and O–H groups in total. The van der Waals surface area contributed by atoms with Gasteiger partial charge in [-0.2, -0.15) is 0 Å². The van der Waals surface area contributed by atoms with E-state index >= 15 is 0 Å².